The molecular weight excluding hydrogens is 591 g/mol. The molecule has 44 heavy (non-hydrogen) atoms. The first-order valence-corrected chi connectivity index (χ1v) is 13.4. The van der Waals surface area contributed by atoms with Gasteiger partial charge in [0.25, 0.3) is 5.91 Å². The molecule has 5 aromatic rings. The van der Waals surface area contributed by atoms with Crippen molar-refractivity contribution in [2.45, 2.75) is 37.9 Å². The molecule has 0 radical (unpaired) electrons. The number of carboxylic acid groups (broad SMARTS) is 1. The molecular formula is C29H25F5N6O4. The average Bonchev–Trinajstić information content (AvgIpc) is 3.65. The third-order valence-corrected chi connectivity index (χ3v) is 7.40. The van der Waals surface area contributed by atoms with Crippen LogP contribution in [0.5, 0.6) is 5.75 Å². The lowest BCUT2D eigenvalue weighted by Crippen LogP contribution is -2.31. The molecule has 0 aliphatic heterocycles. The molecule has 2 aromatic carbocycles. The Hall–Kier alpha value is -5.08. The van der Waals surface area contributed by atoms with Crippen molar-refractivity contribution in [2.24, 2.45) is 5.92 Å². The fourth-order valence-corrected chi connectivity index (χ4v) is 5.05. The molecule has 0 bridgehead atoms. The molecule has 6 rings (SSSR count). The van der Waals surface area contributed by atoms with Gasteiger partial charge in [0.05, 0.1) is 11.6 Å². The number of rotatable bonds is 5. The van der Waals surface area contributed by atoms with Crippen molar-refractivity contribution in [1.82, 2.24) is 29.7 Å². The second kappa shape index (κ2) is 12.3. The van der Waals surface area contributed by atoms with Crippen molar-refractivity contribution in [2.75, 3.05) is 6.54 Å². The first kappa shape index (κ1) is 30.4. The van der Waals surface area contributed by atoms with Crippen LogP contribution in [-0.4, -0.2) is 59.2 Å². The number of phenols is 1. The summed E-state index contributed by atoms with van der Waals surface area (Å²) in [4.78, 5) is 25.5. The highest BCUT2D eigenvalue weighted by molar-refractivity contribution is 5.94. The molecule has 0 spiro atoms. The minimum atomic E-state index is -5.08. The lowest BCUT2D eigenvalue weighted by molar-refractivity contribution is -0.192. The van der Waals surface area contributed by atoms with Crippen LogP contribution in [0.1, 0.15) is 42.1 Å². The normalized spacial score (nSPS) is 16.8. The van der Waals surface area contributed by atoms with E-state index in [4.69, 9.17) is 15.0 Å². The van der Waals surface area contributed by atoms with Crippen LogP contribution in [-0.2, 0) is 4.79 Å². The number of carbonyl (C=O) groups is 2. The van der Waals surface area contributed by atoms with Crippen LogP contribution in [0.15, 0.2) is 61.2 Å². The van der Waals surface area contributed by atoms with Gasteiger partial charge < -0.3 is 15.5 Å². The van der Waals surface area contributed by atoms with Crippen molar-refractivity contribution in [3.05, 3.63) is 78.4 Å². The van der Waals surface area contributed by atoms with Crippen LogP contribution >= 0.6 is 0 Å². The summed E-state index contributed by atoms with van der Waals surface area (Å²) in [7, 11) is 0. The van der Waals surface area contributed by atoms with Crippen LogP contribution in [0.2, 0.25) is 0 Å². The molecule has 0 atom stereocenters. The van der Waals surface area contributed by atoms with Gasteiger partial charge in [-0.15, -0.1) is 0 Å². The Labute approximate surface area is 245 Å². The number of carboxylic acids is 1. The molecule has 1 aliphatic carbocycles. The molecule has 3 N–H and O–H groups in total. The smallest absolute Gasteiger partial charge is 0.490 e. The average molecular weight is 617 g/mol. The van der Waals surface area contributed by atoms with Gasteiger partial charge in [0.1, 0.15) is 6.33 Å². The maximum atomic E-state index is 13.5. The lowest BCUT2D eigenvalue weighted by Gasteiger charge is -2.28. The van der Waals surface area contributed by atoms with Gasteiger partial charge in [-0.05, 0) is 73.1 Å². The Morgan fingerprint density at radius 1 is 0.977 bits per heavy atom. The number of aromatic nitrogens is 5. The van der Waals surface area contributed by atoms with Gasteiger partial charge in [-0.1, -0.05) is 12.1 Å². The predicted octanol–water partition coefficient (Wildman–Crippen LogP) is 5.52. The molecule has 230 valence electrons. The summed E-state index contributed by atoms with van der Waals surface area (Å²) in [5.74, 6) is -6.42. The van der Waals surface area contributed by atoms with Crippen LogP contribution < -0.4 is 5.32 Å². The number of hydrogen-bond acceptors (Lipinski definition) is 6. The van der Waals surface area contributed by atoms with E-state index in [0.717, 1.165) is 65.5 Å². The van der Waals surface area contributed by atoms with E-state index in [9.17, 15) is 31.9 Å². The van der Waals surface area contributed by atoms with E-state index in [1.165, 1.54) is 6.33 Å². The molecule has 3 aromatic heterocycles. The summed E-state index contributed by atoms with van der Waals surface area (Å²) < 4.78 is 62.6. The lowest BCUT2D eigenvalue weighted by atomic mass is 9.86. The van der Waals surface area contributed by atoms with E-state index in [1.807, 2.05) is 23.0 Å². The fraction of sp³-hybridized carbons (Fsp3) is 0.276. The van der Waals surface area contributed by atoms with Gasteiger partial charge in [-0.2, -0.15) is 23.4 Å². The molecule has 1 fully saturated rings. The number of fused-ring (bicyclic) bond motifs is 2. The summed E-state index contributed by atoms with van der Waals surface area (Å²) in [5.41, 5.74) is 3.69. The first-order valence-electron chi connectivity index (χ1n) is 13.4. The van der Waals surface area contributed by atoms with Gasteiger partial charge in [0, 0.05) is 29.9 Å². The molecule has 10 nitrogen and oxygen atoms in total. The zero-order chi connectivity index (χ0) is 31.6. The molecule has 1 amide bonds. The van der Waals surface area contributed by atoms with Gasteiger partial charge in [0.2, 0.25) is 0 Å². The van der Waals surface area contributed by atoms with Crippen molar-refractivity contribution < 1.29 is 41.8 Å². The summed E-state index contributed by atoms with van der Waals surface area (Å²) in [5, 5.41) is 29.2. The second-order valence-corrected chi connectivity index (χ2v) is 10.3. The number of alkyl halides is 3. The van der Waals surface area contributed by atoms with Gasteiger partial charge in [-0.3, -0.25) is 9.48 Å². The number of aromatic hydroxyl groups is 1. The predicted molar refractivity (Wildman–Crippen MR) is 147 cm³/mol. The van der Waals surface area contributed by atoms with Gasteiger partial charge in [0.15, 0.2) is 23.0 Å². The topological polar surface area (TPSA) is 135 Å². The molecule has 0 saturated heterocycles. The highest BCUT2D eigenvalue weighted by Gasteiger charge is 2.38. The molecule has 1 saturated carbocycles. The largest absolute Gasteiger partial charge is 0.503 e. The number of phenolic OH excluding ortho intramolecular Hbond substituents is 1. The number of nitrogens with zero attached hydrogens (tertiary/aromatic N) is 5. The van der Waals surface area contributed by atoms with Crippen molar-refractivity contribution >= 4 is 28.4 Å². The number of aliphatic carboxylic acids is 1. The van der Waals surface area contributed by atoms with E-state index >= 15 is 0 Å². The highest BCUT2D eigenvalue weighted by atomic mass is 19.4. The SMILES string of the molecule is O=C(NCC1CCC(n2cc3ccc(-c4ccn5ncnc5c4)cc3n2)CC1)c1cc(F)c(O)c(F)c1.O=C(O)C(F)(F)F. The van der Waals surface area contributed by atoms with Gasteiger partial charge >= 0.3 is 12.1 Å². The second-order valence-electron chi connectivity index (χ2n) is 10.3. The molecule has 15 heteroatoms. The summed E-state index contributed by atoms with van der Waals surface area (Å²) >= 11 is 0. The third-order valence-electron chi connectivity index (χ3n) is 7.40. The van der Waals surface area contributed by atoms with E-state index in [1.54, 1.807) is 4.52 Å². The standard InChI is InChI=1S/C27H24F2N6O2.C2HF3O2/c28-22-9-20(10-23(29)26(22)36)27(37)30-13-16-1-5-21(6-2-16)35-14-19-4-3-17(11-24(19)33-35)18-7-8-34-25(12-18)31-15-32-34;3-2(4,5)1(6)7/h3-4,7-12,14-16,21,36H,1-2,5-6,13H2,(H,30,37);(H,6,7). The monoisotopic (exact) mass is 616 g/mol. The Morgan fingerprint density at radius 2 is 1.64 bits per heavy atom. The Balaban J connectivity index is 0.000000493. The Bertz CT molecular complexity index is 1810. The number of amides is 1. The summed E-state index contributed by atoms with van der Waals surface area (Å²) in [6.45, 7) is 0.427. The maximum Gasteiger partial charge on any atom is 0.490 e. The highest BCUT2D eigenvalue weighted by Crippen LogP contribution is 2.33. The first-order chi connectivity index (χ1) is 20.9. The summed E-state index contributed by atoms with van der Waals surface area (Å²) in [6.07, 6.45) is 4.08. The van der Waals surface area contributed by atoms with Crippen LogP contribution in [0, 0.1) is 17.6 Å². The van der Waals surface area contributed by atoms with E-state index in [0.29, 0.717) is 6.54 Å². The molecule has 0 unspecified atom stereocenters. The number of pyridine rings is 1. The van der Waals surface area contributed by atoms with E-state index < -0.39 is 35.4 Å². The maximum absolute atomic E-state index is 13.5. The van der Waals surface area contributed by atoms with Crippen molar-refractivity contribution in [3.63, 3.8) is 0 Å². The van der Waals surface area contributed by atoms with E-state index in [2.05, 4.69) is 39.8 Å². The fourth-order valence-electron chi connectivity index (χ4n) is 5.05. The minimum absolute atomic E-state index is 0.148. The number of carbonyl (C=O) groups excluding carboxylic acids is 1. The minimum Gasteiger partial charge on any atom is -0.503 e. The zero-order valence-electron chi connectivity index (χ0n) is 22.8. The van der Waals surface area contributed by atoms with Crippen LogP contribution in [0.3, 0.4) is 0 Å². The van der Waals surface area contributed by atoms with Crippen LogP contribution in [0.25, 0.3) is 27.7 Å². The van der Waals surface area contributed by atoms with Crippen molar-refractivity contribution in [3.8, 4) is 16.9 Å². The number of benzene rings is 2. The Morgan fingerprint density at radius 3 is 2.30 bits per heavy atom. The van der Waals surface area contributed by atoms with Crippen LogP contribution in [0.4, 0.5) is 22.0 Å². The Kier molecular flexibility index (Phi) is 8.47. The van der Waals surface area contributed by atoms with Gasteiger partial charge in [-0.25, -0.2) is 23.1 Å². The number of hydrogen-bond donors (Lipinski definition) is 3. The molecule has 1 aliphatic rings. The zero-order valence-corrected chi connectivity index (χ0v) is 22.8. The third kappa shape index (κ3) is 6.76. The van der Waals surface area contributed by atoms with E-state index in [-0.39, 0.29) is 17.5 Å². The number of halogens is 5. The quantitative estimate of drug-likeness (QED) is 0.221. The summed E-state index contributed by atoms with van der Waals surface area (Å²) in [6, 6.07) is 12.2. The number of nitrogens with one attached hydrogen (secondary N) is 1. The van der Waals surface area contributed by atoms with Crippen molar-refractivity contribution in [1.29, 1.82) is 0 Å². The molecule has 3 heterocycles.